The molecule has 0 atom stereocenters. The highest BCUT2D eigenvalue weighted by atomic mass is 16.6. The molecule has 0 unspecified atom stereocenters. The van der Waals surface area contributed by atoms with E-state index in [-0.39, 0.29) is 5.69 Å². The first-order valence-electron chi connectivity index (χ1n) is 6.85. The number of anilines is 1. The minimum Gasteiger partial charge on any atom is -0.493 e. The maximum absolute atomic E-state index is 10.6. The van der Waals surface area contributed by atoms with E-state index in [9.17, 15) is 10.1 Å². The van der Waals surface area contributed by atoms with Gasteiger partial charge in [-0.1, -0.05) is 0 Å². The van der Waals surface area contributed by atoms with Gasteiger partial charge in [-0.05, 0) is 30.2 Å². The van der Waals surface area contributed by atoms with Crippen LogP contribution < -0.4 is 14.4 Å². The zero-order valence-corrected chi connectivity index (χ0v) is 13.4. The highest BCUT2D eigenvalue weighted by Gasteiger charge is 2.13. The molecule has 1 heterocycles. The Bertz CT molecular complexity index is 703. The summed E-state index contributed by atoms with van der Waals surface area (Å²) in [7, 11) is 4.99. The molecule has 2 rings (SSSR count). The predicted molar refractivity (Wildman–Crippen MR) is 85.1 cm³/mol. The topological polar surface area (TPSA) is 90.6 Å². The van der Waals surface area contributed by atoms with Gasteiger partial charge >= 0.3 is 5.69 Å². The monoisotopic (exact) mass is 318 g/mol. The molecule has 0 saturated heterocycles. The van der Waals surface area contributed by atoms with Crippen LogP contribution in [-0.4, -0.2) is 36.2 Å². The van der Waals surface area contributed by atoms with Crippen molar-refractivity contribution in [1.29, 1.82) is 0 Å². The first-order chi connectivity index (χ1) is 11.0. The molecule has 0 radical (unpaired) electrons. The second kappa shape index (κ2) is 6.91. The molecule has 2 aromatic rings. The van der Waals surface area contributed by atoms with Gasteiger partial charge in [0.15, 0.2) is 11.5 Å². The number of aromatic nitrogens is 2. The van der Waals surface area contributed by atoms with E-state index in [2.05, 4.69) is 9.97 Å². The van der Waals surface area contributed by atoms with Crippen LogP contribution in [0.2, 0.25) is 0 Å². The number of nitrogens with zero attached hydrogens (tertiary/aromatic N) is 4. The molecule has 23 heavy (non-hydrogen) atoms. The van der Waals surface area contributed by atoms with Gasteiger partial charge in [0.25, 0.3) is 0 Å². The molecule has 8 nitrogen and oxygen atoms in total. The lowest BCUT2D eigenvalue weighted by Crippen LogP contribution is -2.19. The van der Waals surface area contributed by atoms with Crippen LogP contribution in [0.5, 0.6) is 11.5 Å². The third kappa shape index (κ3) is 3.65. The van der Waals surface area contributed by atoms with E-state index >= 15 is 0 Å². The number of hydrogen-bond acceptors (Lipinski definition) is 7. The molecule has 0 aliphatic carbocycles. The first-order valence-corrected chi connectivity index (χ1v) is 6.85. The minimum absolute atomic E-state index is 0.135. The van der Waals surface area contributed by atoms with Crippen LogP contribution in [0.1, 0.15) is 11.1 Å². The van der Waals surface area contributed by atoms with Gasteiger partial charge in [-0.15, -0.1) is 0 Å². The summed E-state index contributed by atoms with van der Waals surface area (Å²) in [6, 6.07) is 3.80. The summed E-state index contributed by atoms with van der Waals surface area (Å²) in [5, 5.41) is 10.6. The van der Waals surface area contributed by atoms with Crippen LogP contribution >= 0.6 is 0 Å². The van der Waals surface area contributed by atoms with Crippen molar-refractivity contribution in [2.75, 3.05) is 26.2 Å². The van der Waals surface area contributed by atoms with Crippen LogP contribution in [0.15, 0.2) is 24.5 Å². The lowest BCUT2D eigenvalue weighted by atomic mass is 10.1. The Morgan fingerprint density at radius 2 is 1.74 bits per heavy atom. The first kappa shape index (κ1) is 16.5. The zero-order chi connectivity index (χ0) is 17.0. The number of aryl methyl sites for hydroxylation is 1. The second-order valence-corrected chi connectivity index (χ2v) is 4.99. The number of benzene rings is 1. The lowest BCUT2D eigenvalue weighted by molar-refractivity contribution is -0.385. The SMILES string of the molecule is COc1cc(C)c(CN(C)c2ncc([N+](=O)[O-])cn2)cc1OC. The van der Waals surface area contributed by atoms with Gasteiger partial charge < -0.3 is 14.4 Å². The molecule has 122 valence electrons. The van der Waals surface area contributed by atoms with Gasteiger partial charge in [0.05, 0.1) is 19.1 Å². The molecule has 0 bridgehead atoms. The average molecular weight is 318 g/mol. The maximum atomic E-state index is 10.6. The van der Waals surface area contributed by atoms with Crippen LogP contribution in [0, 0.1) is 17.0 Å². The van der Waals surface area contributed by atoms with E-state index in [1.807, 2.05) is 26.1 Å². The fourth-order valence-corrected chi connectivity index (χ4v) is 2.13. The molecule has 0 N–H and O–H groups in total. The van der Waals surface area contributed by atoms with Gasteiger partial charge in [-0.3, -0.25) is 10.1 Å². The summed E-state index contributed by atoms with van der Waals surface area (Å²) in [5.41, 5.74) is 1.92. The van der Waals surface area contributed by atoms with Gasteiger partial charge in [0.2, 0.25) is 5.95 Å². The standard InChI is InChI=1S/C15H18N4O4/c1-10-5-13(22-3)14(23-4)6-11(10)9-18(2)15-16-7-12(8-17-15)19(20)21/h5-8H,9H2,1-4H3. The minimum atomic E-state index is -0.526. The van der Waals surface area contributed by atoms with Crippen LogP contribution in [0.25, 0.3) is 0 Å². The summed E-state index contributed by atoms with van der Waals surface area (Å²) in [4.78, 5) is 20.0. The molecule has 8 heteroatoms. The quantitative estimate of drug-likeness (QED) is 0.596. The number of methoxy groups -OCH3 is 2. The number of ether oxygens (including phenoxy) is 2. The van der Waals surface area contributed by atoms with E-state index in [4.69, 9.17) is 9.47 Å². The highest BCUT2D eigenvalue weighted by molar-refractivity contribution is 5.48. The Balaban J connectivity index is 2.22. The number of nitro groups is 1. The fourth-order valence-electron chi connectivity index (χ4n) is 2.13. The maximum Gasteiger partial charge on any atom is 0.305 e. The molecule has 0 fully saturated rings. The van der Waals surface area contributed by atoms with Gasteiger partial charge in [-0.25, -0.2) is 9.97 Å². The van der Waals surface area contributed by atoms with Crippen molar-refractivity contribution in [3.05, 3.63) is 45.8 Å². The average Bonchev–Trinajstić information content (AvgIpc) is 2.56. The van der Waals surface area contributed by atoms with Gasteiger partial charge in [-0.2, -0.15) is 0 Å². The van der Waals surface area contributed by atoms with Crippen LogP contribution in [0.3, 0.4) is 0 Å². The van der Waals surface area contributed by atoms with Crippen molar-refractivity contribution in [1.82, 2.24) is 9.97 Å². The molecule has 0 aliphatic rings. The Labute approximate surface area is 133 Å². The summed E-state index contributed by atoms with van der Waals surface area (Å²) in [5.74, 6) is 1.72. The molecule has 0 aliphatic heterocycles. The summed E-state index contributed by atoms with van der Waals surface area (Å²) in [6.07, 6.45) is 2.39. The number of rotatable bonds is 6. The lowest BCUT2D eigenvalue weighted by Gasteiger charge is -2.19. The summed E-state index contributed by atoms with van der Waals surface area (Å²) >= 11 is 0. The van der Waals surface area contributed by atoms with Crippen molar-refractivity contribution in [3.8, 4) is 11.5 Å². The molecule has 0 spiro atoms. The van der Waals surface area contributed by atoms with E-state index in [1.165, 1.54) is 12.4 Å². The van der Waals surface area contributed by atoms with E-state index in [1.54, 1.807) is 19.1 Å². The van der Waals surface area contributed by atoms with Gasteiger partial charge in [0, 0.05) is 13.6 Å². The molecular weight excluding hydrogens is 300 g/mol. The summed E-state index contributed by atoms with van der Waals surface area (Å²) < 4.78 is 10.6. The van der Waals surface area contributed by atoms with E-state index in [0.717, 1.165) is 11.1 Å². The molecule has 1 aromatic heterocycles. The van der Waals surface area contributed by atoms with E-state index < -0.39 is 4.92 Å². The van der Waals surface area contributed by atoms with Crippen molar-refractivity contribution < 1.29 is 14.4 Å². The molecule has 0 saturated carbocycles. The van der Waals surface area contributed by atoms with Crippen molar-refractivity contribution in [2.45, 2.75) is 13.5 Å². The second-order valence-electron chi connectivity index (χ2n) is 4.99. The zero-order valence-electron chi connectivity index (χ0n) is 13.4. The van der Waals surface area contributed by atoms with Gasteiger partial charge in [0.1, 0.15) is 12.4 Å². The highest BCUT2D eigenvalue weighted by Crippen LogP contribution is 2.31. The fraction of sp³-hybridized carbons (Fsp3) is 0.333. The molecular formula is C15H18N4O4. The molecule has 1 aromatic carbocycles. The molecule has 0 amide bonds. The summed E-state index contributed by atoms with van der Waals surface area (Å²) in [6.45, 7) is 2.51. The Morgan fingerprint density at radius 1 is 1.17 bits per heavy atom. The predicted octanol–water partition coefficient (Wildman–Crippen LogP) is 2.35. The van der Waals surface area contributed by atoms with Crippen molar-refractivity contribution in [2.24, 2.45) is 0 Å². The van der Waals surface area contributed by atoms with Crippen LogP contribution in [0.4, 0.5) is 11.6 Å². The van der Waals surface area contributed by atoms with Crippen molar-refractivity contribution in [3.63, 3.8) is 0 Å². The smallest absolute Gasteiger partial charge is 0.305 e. The Kier molecular flexibility index (Phi) is 4.95. The third-order valence-corrected chi connectivity index (χ3v) is 3.43. The largest absolute Gasteiger partial charge is 0.493 e. The normalized spacial score (nSPS) is 10.3. The Morgan fingerprint density at radius 3 is 2.26 bits per heavy atom. The third-order valence-electron chi connectivity index (χ3n) is 3.43. The van der Waals surface area contributed by atoms with E-state index in [0.29, 0.717) is 24.0 Å². The van der Waals surface area contributed by atoms with Crippen LogP contribution in [-0.2, 0) is 6.54 Å². The van der Waals surface area contributed by atoms with Crippen molar-refractivity contribution >= 4 is 11.6 Å². The number of hydrogen-bond donors (Lipinski definition) is 0. The Hall–Kier alpha value is -2.90.